The number of aliphatic hydroxyl groups excluding tert-OH is 1. The van der Waals surface area contributed by atoms with Crippen LogP contribution < -0.4 is 5.32 Å². The van der Waals surface area contributed by atoms with E-state index < -0.39 is 24.0 Å². The van der Waals surface area contributed by atoms with Gasteiger partial charge in [0.25, 0.3) is 0 Å². The first-order valence-corrected chi connectivity index (χ1v) is 3.21. The molecule has 1 saturated heterocycles. The summed E-state index contributed by atoms with van der Waals surface area (Å²) >= 11 is 0. The van der Waals surface area contributed by atoms with Crippen molar-refractivity contribution in [2.75, 3.05) is 7.11 Å². The fourth-order valence-electron chi connectivity index (χ4n) is 0.955. The summed E-state index contributed by atoms with van der Waals surface area (Å²) in [6.07, 6.45) is -0.968. The van der Waals surface area contributed by atoms with Crippen molar-refractivity contribution >= 4 is 11.9 Å². The normalized spacial score (nSPS) is 29.8. The van der Waals surface area contributed by atoms with E-state index in [4.69, 9.17) is 5.11 Å². The highest BCUT2D eigenvalue weighted by Gasteiger charge is 2.35. The molecular formula is C6H9NO4. The number of aliphatic hydroxyl groups is 1. The number of rotatable bonds is 1. The van der Waals surface area contributed by atoms with E-state index in [-0.39, 0.29) is 6.42 Å². The van der Waals surface area contributed by atoms with E-state index in [9.17, 15) is 9.59 Å². The second kappa shape index (κ2) is 2.87. The van der Waals surface area contributed by atoms with Gasteiger partial charge >= 0.3 is 5.97 Å². The van der Waals surface area contributed by atoms with Gasteiger partial charge < -0.3 is 15.2 Å². The van der Waals surface area contributed by atoms with E-state index in [0.29, 0.717) is 0 Å². The largest absolute Gasteiger partial charge is 0.467 e. The molecule has 0 radical (unpaired) electrons. The van der Waals surface area contributed by atoms with Gasteiger partial charge in [-0.05, 0) is 0 Å². The van der Waals surface area contributed by atoms with Gasteiger partial charge in [0.15, 0.2) is 0 Å². The lowest BCUT2D eigenvalue weighted by atomic mass is 10.2. The van der Waals surface area contributed by atoms with E-state index in [0.717, 1.165) is 0 Å². The second-order valence-corrected chi connectivity index (χ2v) is 2.34. The molecule has 11 heavy (non-hydrogen) atoms. The average molecular weight is 159 g/mol. The highest BCUT2D eigenvalue weighted by molar-refractivity contribution is 5.90. The number of carbonyl (C=O) groups is 2. The lowest BCUT2D eigenvalue weighted by molar-refractivity contribution is -0.143. The summed E-state index contributed by atoms with van der Waals surface area (Å²) in [7, 11) is 1.24. The van der Waals surface area contributed by atoms with Crippen LogP contribution in [-0.2, 0) is 14.3 Å². The minimum atomic E-state index is -1.07. The summed E-state index contributed by atoms with van der Waals surface area (Å²) < 4.78 is 4.37. The molecule has 0 aromatic heterocycles. The van der Waals surface area contributed by atoms with E-state index in [1.54, 1.807) is 0 Å². The molecule has 5 nitrogen and oxygen atoms in total. The zero-order valence-electron chi connectivity index (χ0n) is 6.03. The first-order valence-electron chi connectivity index (χ1n) is 3.21. The van der Waals surface area contributed by atoms with Crippen LogP contribution >= 0.6 is 0 Å². The van der Waals surface area contributed by atoms with Crippen molar-refractivity contribution in [3.8, 4) is 0 Å². The Bertz CT molecular complexity index is 191. The molecule has 1 rings (SSSR count). The minimum absolute atomic E-state index is 0.103. The van der Waals surface area contributed by atoms with Crippen LogP contribution in [0.1, 0.15) is 6.42 Å². The number of ether oxygens (including phenoxy) is 1. The quantitative estimate of drug-likeness (QED) is 0.452. The summed E-state index contributed by atoms with van der Waals surface area (Å²) in [6.45, 7) is 0. The molecule has 0 bridgehead atoms. The van der Waals surface area contributed by atoms with Gasteiger partial charge in [0.2, 0.25) is 5.91 Å². The zero-order valence-corrected chi connectivity index (χ0v) is 6.03. The summed E-state index contributed by atoms with van der Waals surface area (Å²) in [5.74, 6) is -1.03. The van der Waals surface area contributed by atoms with Crippen LogP contribution in [0.25, 0.3) is 0 Å². The Hall–Kier alpha value is -1.10. The molecule has 0 spiro atoms. The predicted molar refractivity (Wildman–Crippen MR) is 34.6 cm³/mol. The zero-order chi connectivity index (χ0) is 8.43. The Labute approximate surface area is 63.3 Å². The Morgan fingerprint density at radius 1 is 1.82 bits per heavy atom. The van der Waals surface area contributed by atoms with E-state index in [2.05, 4.69) is 10.1 Å². The number of hydrogen-bond acceptors (Lipinski definition) is 4. The molecule has 1 aliphatic rings. The third-order valence-corrected chi connectivity index (χ3v) is 1.56. The second-order valence-electron chi connectivity index (χ2n) is 2.34. The van der Waals surface area contributed by atoms with Gasteiger partial charge in [-0.3, -0.25) is 4.79 Å². The van der Waals surface area contributed by atoms with Gasteiger partial charge in [0.1, 0.15) is 12.1 Å². The molecule has 1 fully saturated rings. The smallest absolute Gasteiger partial charge is 0.328 e. The molecule has 0 unspecified atom stereocenters. The number of amides is 1. The standard InChI is InChI=1S/C6H9NO4/c1-11-6(10)3-2-4(8)5(9)7-3/h3-4,8H,2H2,1H3,(H,7,9)/t3-,4-/m0/s1. The number of esters is 1. The average Bonchev–Trinajstić information content (AvgIpc) is 2.31. The number of nitrogens with one attached hydrogen (secondary N) is 1. The third kappa shape index (κ3) is 1.48. The number of carbonyl (C=O) groups excluding carboxylic acids is 2. The molecule has 0 saturated carbocycles. The summed E-state index contributed by atoms with van der Waals surface area (Å²) in [5.41, 5.74) is 0. The molecule has 1 amide bonds. The molecule has 62 valence electrons. The molecule has 0 aromatic rings. The van der Waals surface area contributed by atoms with Crippen molar-refractivity contribution in [3.63, 3.8) is 0 Å². The Morgan fingerprint density at radius 2 is 2.45 bits per heavy atom. The third-order valence-electron chi connectivity index (χ3n) is 1.56. The van der Waals surface area contributed by atoms with Gasteiger partial charge in [0.05, 0.1) is 7.11 Å². The monoisotopic (exact) mass is 159 g/mol. The van der Waals surface area contributed by atoms with Gasteiger partial charge in [-0.2, -0.15) is 0 Å². The maximum Gasteiger partial charge on any atom is 0.328 e. The summed E-state index contributed by atoms with van der Waals surface area (Å²) in [6, 6.07) is -0.678. The minimum Gasteiger partial charge on any atom is -0.467 e. The molecule has 0 aliphatic carbocycles. The van der Waals surface area contributed by atoms with Crippen LogP contribution in [0.4, 0.5) is 0 Å². The van der Waals surface area contributed by atoms with Crippen molar-refractivity contribution in [2.45, 2.75) is 18.6 Å². The van der Waals surface area contributed by atoms with Gasteiger partial charge in [0, 0.05) is 6.42 Å². The number of hydrogen-bond donors (Lipinski definition) is 2. The van der Waals surface area contributed by atoms with Crippen molar-refractivity contribution in [1.82, 2.24) is 5.32 Å². The first-order chi connectivity index (χ1) is 5.15. The topological polar surface area (TPSA) is 75.6 Å². The SMILES string of the molecule is COC(=O)[C@@H]1C[C@H](O)C(=O)N1. The maximum absolute atomic E-state index is 10.8. The van der Waals surface area contributed by atoms with Crippen LogP contribution in [0, 0.1) is 0 Å². The van der Waals surface area contributed by atoms with Crippen molar-refractivity contribution in [1.29, 1.82) is 0 Å². The fourth-order valence-corrected chi connectivity index (χ4v) is 0.955. The number of methoxy groups -OCH3 is 1. The van der Waals surface area contributed by atoms with Crippen molar-refractivity contribution < 1.29 is 19.4 Å². The van der Waals surface area contributed by atoms with E-state index >= 15 is 0 Å². The van der Waals surface area contributed by atoms with Crippen LogP contribution in [0.5, 0.6) is 0 Å². The molecule has 2 atom stereocenters. The van der Waals surface area contributed by atoms with Gasteiger partial charge in [-0.25, -0.2) is 4.79 Å². The Kier molecular flexibility index (Phi) is 2.09. The van der Waals surface area contributed by atoms with Crippen LogP contribution in [-0.4, -0.2) is 36.2 Å². The highest BCUT2D eigenvalue weighted by Crippen LogP contribution is 2.08. The fraction of sp³-hybridized carbons (Fsp3) is 0.667. The molecule has 0 aromatic carbocycles. The molecule has 5 heteroatoms. The molecule has 1 heterocycles. The van der Waals surface area contributed by atoms with Crippen LogP contribution in [0.2, 0.25) is 0 Å². The Morgan fingerprint density at radius 3 is 2.82 bits per heavy atom. The molecule has 2 N–H and O–H groups in total. The van der Waals surface area contributed by atoms with Crippen LogP contribution in [0.15, 0.2) is 0 Å². The predicted octanol–water partition coefficient (Wildman–Crippen LogP) is -1.59. The summed E-state index contributed by atoms with van der Waals surface area (Å²) in [4.78, 5) is 21.4. The Balaban J connectivity index is 2.53. The summed E-state index contributed by atoms with van der Waals surface area (Å²) in [5, 5.41) is 11.2. The van der Waals surface area contributed by atoms with Crippen LogP contribution in [0.3, 0.4) is 0 Å². The maximum atomic E-state index is 10.8. The molecular weight excluding hydrogens is 150 g/mol. The van der Waals surface area contributed by atoms with E-state index in [1.807, 2.05) is 0 Å². The first kappa shape index (κ1) is 8.00. The lowest BCUT2D eigenvalue weighted by Gasteiger charge is -2.04. The highest BCUT2D eigenvalue weighted by atomic mass is 16.5. The van der Waals surface area contributed by atoms with Crippen molar-refractivity contribution in [3.05, 3.63) is 0 Å². The molecule has 1 aliphatic heterocycles. The van der Waals surface area contributed by atoms with Crippen molar-refractivity contribution in [2.24, 2.45) is 0 Å². The lowest BCUT2D eigenvalue weighted by Crippen LogP contribution is -2.34. The van der Waals surface area contributed by atoms with Gasteiger partial charge in [-0.1, -0.05) is 0 Å². The van der Waals surface area contributed by atoms with E-state index in [1.165, 1.54) is 7.11 Å². The van der Waals surface area contributed by atoms with Gasteiger partial charge in [-0.15, -0.1) is 0 Å².